The van der Waals surface area contributed by atoms with E-state index in [2.05, 4.69) is 5.32 Å². The number of ether oxygens (including phenoxy) is 2. The van der Waals surface area contributed by atoms with Crippen molar-refractivity contribution >= 4 is 23.3 Å². The van der Waals surface area contributed by atoms with Crippen LogP contribution in [0.1, 0.15) is 81.6 Å². The zero-order chi connectivity index (χ0) is 32.9. The third-order valence-corrected chi connectivity index (χ3v) is 7.77. The van der Waals surface area contributed by atoms with Gasteiger partial charge in [-0.2, -0.15) is 0 Å². The fourth-order valence-corrected chi connectivity index (χ4v) is 5.67. The predicted octanol–water partition coefficient (Wildman–Crippen LogP) is 5.99. The Morgan fingerprint density at radius 2 is 1.73 bits per heavy atom. The standard InChI is InChI=1S/C33H39F4N3O5/c1-33(2,3)45-32(43)28(19-8-5-4-6-9-19)39-14-7-15-44-21-17-25(36)29(26(37)18-21)40-27(41)13-12-23(31(40)38)30(42)22-11-10-20(34)16-24(22)35/h10-13,16-17,19,21,28,39H,4-9,14-15,18,38H2,1-3H3/t21-,28+/m1/s1. The van der Waals surface area contributed by atoms with Crippen LogP contribution in [-0.4, -0.2) is 47.2 Å². The normalized spacial score (nSPS) is 18.5. The van der Waals surface area contributed by atoms with E-state index in [0.717, 1.165) is 62.4 Å². The Morgan fingerprint density at radius 3 is 2.38 bits per heavy atom. The van der Waals surface area contributed by atoms with Gasteiger partial charge in [0.05, 0.1) is 17.2 Å². The molecule has 2 aliphatic rings. The third-order valence-electron chi connectivity index (χ3n) is 7.77. The van der Waals surface area contributed by atoms with Gasteiger partial charge in [-0.05, 0) is 76.8 Å². The maximum Gasteiger partial charge on any atom is 0.323 e. The molecule has 1 aromatic carbocycles. The fourth-order valence-electron chi connectivity index (χ4n) is 5.67. The van der Waals surface area contributed by atoms with Crippen LogP contribution in [0.2, 0.25) is 0 Å². The van der Waals surface area contributed by atoms with Gasteiger partial charge in [-0.15, -0.1) is 0 Å². The third kappa shape index (κ3) is 8.49. The predicted molar refractivity (Wildman–Crippen MR) is 162 cm³/mol. The highest BCUT2D eigenvalue weighted by Crippen LogP contribution is 2.34. The molecule has 12 heteroatoms. The van der Waals surface area contributed by atoms with Gasteiger partial charge in [-0.25, -0.2) is 17.6 Å². The molecule has 1 aromatic heterocycles. The van der Waals surface area contributed by atoms with Crippen LogP contribution in [0.3, 0.4) is 0 Å². The summed E-state index contributed by atoms with van der Waals surface area (Å²) in [6.45, 7) is 6.02. The van der Waals surface area contributed by atoms with Crippen molar-refractivity contribution in [2.45, 2.75) is 83.5 Å². The number of carbonyl (C=O) groups excluding carboxylic acids is 2. The van der Waals surface area contributed by atoms with Gasteiger partial charge in [0.2, 0.25) is 0 Å². The number of nitrogens with zero attached hydrogens (tertiary/aromatic N) is 1. The molecule has 2 atom stereocenters. The van der Waals surface area contributed by atoms with Crippen molar-refractivity contribution in [1.29, 1.82) is 0 Å². The number of hydrogen-bond acceptors (Lipinski definition) is 7. The van der Waals surface area contributed by atoms with Crippen LogP contribution < -0.4 is 16.6 Å². The number of nitrogens with one attached hydrogen (secondary N) is 1. The number of ketones is 1. The Bertz CT molecular complexity index is 1540. The summed E-state index contributed by atoms with van der Waals surface area (Å²) in [7, 11) is 0. The molecule has 2 aliphatic carbocycles. The molecule has 2 aromatic rings. The Balaban J connectivity index is 1.40. The van der Waals surface area contributed by atoms with E-state index < -0.39 is 81.4 Å². The first kappa shape index (κ1) is 34.1. The second-order valence-electron chi connectivity index (χ2n) is 12.4. The van der Waals surface area contributed by atoms with Crippen LogP contribution in [0.15, 0.2) is 52.9 Å². The average Bonchev–Trinajstić information content (AvgIpc) is 2.95. The molecule has 45 heavy (non-hydrogen) atoms. The first-order valence-corrected chi connectivity index (χ1v) is 15.1. The molecule has 0 amide bonds. The molecule has 1 heterocycles. The molecule has 0 aliphatic heterocycles. The molecule has 4 rings (SSSR count). The summed E-state index contributed by atoms with van der Waals surface area (Å²) in [6, 6.07) is 3.74. The van der Waals surface area contributed by atoms with Crippen LogP contribution in [0.25, 0.3) is 5.70 Å². The van der Waals surface area contributed by atoms with Gasteiger partial charge in [0, 0.05) is 25.2 Å². The highest BCUT2D eigenvalue weighted by molar-refractivity contribution is 6.12. The van der Waals surface area contributed by atoms with E-state index >= 15 is 8.78 Å². The van der Waals surface area contributed by atoms with E-state index in [1.54, 1.807) is 0 Å². The lowest BCUT2D eigenvalue weighted by Crippen LogP contribution is -2.47. The minimum Gasteiger partial charge on any atom is -0.459 e. The smallest absolute Gasteiger partial charge is 0.323 e. The number of esters is 1. The summed E-state index contributed by atoms with van der Waals surface area (Å²) in [6.07, 6.45) is 5.19. The number of anilines is 1. The molecular weight excluding hydrogens is 594 g/mol. The van der Waals surface area contributed by atoms with Crippen LogP contribution in [0, 0.1) is 17.6 Å². The molecule has 0 radical (unpaired) electrons. The second kappa shape index (κ2) is 14.6. The number of pyridine rings is 1. The van der Waals surface area contributed by atoms with Crippen molar-refractivity contribution < 1.29 is 36.6 Å². The minimum absolute atomic E-state index is 0.130. The van der Waals surface area contributed by atoms with E-state index in [1.165, 1.54) is 0 Å². The van der Waals surface area contributed by atoms with Gasteiger partial charge in [-0.1, -0.05) is 19.3 Å². The highest BCUT2D eigenvalue weighted by atomic mass is 19.1. The van der Waals surface area contributed by atoms with Crippen molar-refractivity contribution in [1.82, 2.24) is 9.88 Å². The van der Waals surface area contributed by atoms with Gasteiger partial charge in [-0.3, -0.25) is 19.0 Å². The lowest BCUT2D eigenvalue weighted by molar-refractivity contribution is -0.159. The summed E-state index contributed by atoms with van der Waals surface area (Å²) in [5.41, 5.74) is 2.79. The molecule has 3 N–H and O–H groups in total. The van der Waals surface area contributed by atoms with Crippen LogP contribution in [-0.2, 0) is 14.3 Å². The van der Waals surface area contributed by atoms with E-state index in [4.69, 9.17) is 15.2 Å². The number of nitrogens with two attached hydrogens (primary N) is 1. The van der Waals surface area contributed by atoms with E-state index in [0.29, 0.717) is 23.6 Å². The first-order chi connectivity index (χ1) is 21.3. The monoisotopic (exact) mass is 633 g/mol. The molecule has 0 saturated heterocycles. The highest BCUT2D eigenvalue weighted by Gasteiger charge is 2.33. The first-order valence-electron chi connectivity index (χ1n) is 15.1. The molecule has 1 fully saturated rings. The number of hydrogen-bond donors (Lipinski definition) is 2. The van der Waals surface area contributed by atoms with Crippen molar-refractivity contribution in [2.24, 2.45) is 5.92 Å². The van der Waals surface area contributed by atoms with Crippen molar-refractivity contribution in [3.05, 3.63) is 81.2 Å². The number of rotatable bonds is 11. The van der Waals surface area contributed by atoms with Crippen molar-refractivity contribution in [2.75, 3.05) is 18.9 Å². The van der Waals surface area contributed by atoms with Gasteiger partial charge >= 0.3 is 5.97 Å². The summed E-state index contributed by atoms with van der Waals surface area (Å²) in [5.74, 6) is -5.95. The van der Waals surface area contributed by atoms with Crippen LogP contribution in [0.5, 0.6) is 0 Å². The molecular formula is C33H39F4N3O5. The number of halogens is 4. The zero-order valence-electron chi connectivity index (χ0n) is 25.6. The number of benzene rings is 1. The lowest BCUT2D eigenvalue weighted by Gasteiger charge is -2.32. The van der Waals surface area contributed by atoms with E-state index in [1.807, 2.05) is 20.8 Å². The van der Waals surface area contributed by atoms with Crippen molar-refractivity contribution in [3.63, 3.8) is 0 Å². The topological polar surface area (TPSA) is 113 Å². The molecule has 0 spiro atoms. The van der Waals surface area contributed by atoms with Gasteiger partial charge in [0.1, 0.15) is 46.4 Å². The maximum absolute atomic E-state index is 15.3. The molecule has 244 valence electrons. The Kier molecular flexibility index (Phi) is 11.0. The Labute approximate surface area is 259 Å². The van der Waals surface area contributed by atoms with Crippen molar-refractivity contribution in [3.8, 4) is 0 Å². The summed E-state index contributed by atoms with van der Waals surface area (Å²) < 4.78 is 70.0. The van der Waals surface area contributed by atoms with E-state index in [9.17, 15) is 23.2 Å². The fraction of sp³-hybridized carbons (Fsp3) is 0.485. The Hall–Kier alpha value is -3.77. The maximum atomic E-state index is 15.3. The van der Waals surface area contributed by atoms with Crippen LogP contribution in [0.4, 0.5) is 23.4 Å². The summed E-state index contributed by atoms with van der Waals surface area (Å²) >= 11 is 0. The van der Waals surface area contributed by atoms with Crippen LogP contribution >= 0.6 is 0 Å². The second-order valence-corrected chi connectivity index (χ2v) is 12.4. The minimum atomic E-state index is -1.16. The molecule has 1 saturated carbocycles. The largest absolute Gasteiger partial charge is 0.459 e. The van der Waals surface area contributed by atoms with E-state index in [-0.39, 0.29) is 18.5 Å². The Morgan fingerprint density at radius 1 is 1.04 bits per heavy atom. The molecule has 0 bridgehead atoms. The number of nitrogen functional groups attached to an aromatic ring is 1. The molecule has 0 unspecified atom stereocenters. The summed E-state index contributed by atoms with van der Waals surface area (Å²) in [5, 5.41) is 3.29. The zero-order valence-corrected chi connectivity index (χ0v) is 25.6. The van der Waals surface area contributed by atoms with Gasteiger partial charge in [0.15, 0.2) is 5.78 Å². The average molecular weight is 634 g/mol. The van der Waals surface area contributed by atoms with Gasteiger partial charge in [0.25, 0.3) is 5.56 Å². The molecule has 8 nitrogen and oxygen atoms in total. The number of allylic oxidation sites excluding steroid dienone is 2. The number of aromatic nitrogens is 1. The van der Waals surface area contributed by atoms with Gasteiger partial charge < -0.3 is 20.5 Å². The number of carbonyl (C=O) groups is 2. The summed E-state index contributed by atoms with van der Waals surface area (Å²) in [4.78, 5) is 38.5. The SMILES string of the molecule is CC(C)(C)OC(=O)[C@@H](NCCCO[C@@H]1C=C(F)C(n2c(N)c(C(=O)c3ccc(F)cc3F)ccc2=O)=C(F)C1)C1CCCCC1. The quantitative estimate of drug-likeness (QED) is 0.135. The lowest BCUT2D eigenvalue weighted by atomic mass is 9.83.